The average molecular weight is 99.0 g/mol. The lowest BCUT2D eigenvalue weighted by molar-refractivity contribution is 0.176. The third kappa shape index (κ3) is 4.29. The molecule has 0 heterocycles. The fraction of sp³-hybridized carbons (Fsp3) is 1.00. The lowest BCUT2D eigenvalue weighted by Gasteiger charge is -1.77. The van der Waals surface area contributed by atoms with Gasteiger partial charge in [-0.3, -0.25) is 0 Å². The lowest BCUT2D eigenvalue weighted by Crippen LogP contribution is -1.86. The van der Waals surface area contributed by atoms with Crippen LogP contribution in [0.3, 0.4) is 0 Å². The molecule has 0 aromatic heterocycles. The van der Waals surface area contributed by atoms with E-state index < -0.39 is 6.43 Å². The molecule has 0 fully saturated rings. The first kappa shape index (κ1) is 5.29. The maximum absolute atomic E-state index is 10.8. The van der Waals surface area contributed by atoms with E-state index in [1.807, 2.05) is 0 Å². The van der Waals surface area contributed by atoms with Gasteiger partial charge in [0.2, 0.25) is 0 Å². The third-order valence-corrected chi connectivity index (χ3v) is 0.655. The van der Waals surface area contributed by atoms with Crippen LogP contribution in [0.2, 0.25) is 0 Å². The highest BCUT2D eigenvalue weighted by Gasteiger charge is 1.95. The molecule has 1 atom stereocenters. The first-order valence-electron chi connectivity index (χ1n) is 1.34. The molecular formula is C2H6F2P+. The van der Waals surface area contributed by atoms with Crippen LogP contribution in [0.4, 0.5) is 8.78 Å². The van der Waals surface area contributed by atoms with Crippen LogP contribution in [-0.2, 0) is 0 Å². The Labute approximate surface area is 31.8 Å². The highest BCUT2D eigenvalue weighted by atomic mass is 31.0. The van der Waals surface area contributed by atoms with Crippen molar-refractivity contribution in [2.45, 2.75) is 6.43 Å². The SMILES string of the molecule is FC(F)C[PH3+]. The minimum atomic E-state index is -2.10. The maximum Gasteiger partial charge on any atom is 0.270 e. The molecule has 0 aliphatic heterocycles. The molecule has 0 rings (SSSR count). The van der Waals surface area contributed by atoms with Gasteiger partial charge in [0.25, 0.3) is 6.43 Å². The number of alkyl halides is 2. The van der Waals surface area contributed by atoms with Gasteiger partial charge in [-0.05, 0) is 9.24 Å². The highest BCUT2D eigenvalue weighted by Crippen LogP contribution is 1.94. The van der Waals surface area contributed by atoms with Gasteiger partial charge in [-0.15, -0.1) is 0 Å². The average Bonchev–Trinajstić information content (AvgIpc) is 1.38. The van der Waals surface area contributed by atoms with Gasteiger partial charge in [-0.1, -0.05) is 0 Å². The summed E-state index contributed by atoms with van der Waals surface area (Å²) in [5.41, 5.74) is 0. The van der Waals surface area contributed by atoms with Crippen molar-refractivity contribution in [1.29, 1.82) is 0 Å². The Bertz CT molecular complexity index is 21.6. The molecule has 0 amide bonds. The van der Waals surface area contributed by atoms with E-state index in [2.05, 4.69) is 0 Å². The summed E-state index contributed by atoms with van der Waals surface area (Å²) in [4.78, 5) is 0. The zero-order valence-corrected chi connectivity index (χ0v) is 4.16. The molecule has 32 valence electrons. The van der Waals surface area contributed by atoms with Gasteiger partial charge in [0.15, 0.2) is 0 Å². The van der Waals surface area contributed by atoms with Crippen LogP contribution in [0.1, 0.15) is 0 Å². The fourth-order valence-corrected chi connectivity index (χ4v) is 0. The van der Waals surface area contributed by atoms with E-state index in [1.54, 1.807) is 0 Å². The minimum absolute atomic E-state index is 0. The summed E-state index contributed by atoms with van der Waals surface area (Å²) >= 11 is 0. The molecule has 0 saturated heterocycles. The molecule has 0 N–H and O–H groups in total. The number of rotatable bonds is 1. The van der Waals surface area contributed by atoms with Crippen LogP contribution in [0.25, 0.3) is 0 Å². The van der Waals surface area contributed by atoms with Crippen molar-refractivity contribution in [3.05, 3.63) is 0 Å². The van der Waals surface area contributed by atoms with Gasteiger partial charge in [-0.25, -0.2) is 8.78 Å². The Hall–Kier alpha value is 0.290. The van der Waals surface area contributed by atoms with Crippen molar-refractivity contribution < 1.29 is 8.78 Å². The van der Waals surface area contributed by atoms with Crippen LogP contribution < -0.4 is 0 Å². The Morgan fingerprint density at radius 1 is 1.60 bits per heavy atom. The van der Waals surface area contributed by atoms with Crippen molar-refractivity contribution in [3.63, 3.8) is 0 Å². The van der Waals surface area contributed by atoms with E-state index >= 15 is 0 Å². The van der Waals surface area contributed by atoms with Gasteiger partial charge >= 0.3 is 0 Å². The topological polar surface area (TPSA) is 0 Å². The van der Waals surface area contributed by atoms with Crippen LogP contribution in [0.15, 0.2) is 0 Å². The summed E-state index contributed by atoms with van der Waals surface area (Å²) in [6.07, 6.45) is -2.10. The summed E-state index contributed by atoms with van der Waals surface area (Å²) < 4.78 is 21.5. The Kier molecular flexibility index (Phi) is 2.67. The second-order valence-electron chi connectivity index (χ2n) is 0.680. The summed E-state index contributed by atoms with van der Waals surface area (Å²) in [6, 6.07) is 0. The first-order chi connectivity index (χ1) is 2.27. The highest BCUT2D eigenvalue weighted by molar-refractivity contribution is 7.16. The predicted octanol–water partition coefficient (Wildman–Crippen LogP) is 0.859. The molecule has 5 heavy (non-hydrogen) atoms. The lowest BCUT2D eigenvalue weighted by atomic mass is 10.9. The van der Waals surface area contributed by atoms with Gasteiger partial charge in [0.05, 0.1) is 0 Å². The van der Waals surface area contributed by atoms with Crippen molar-refractivity contribution >= 4 is 9.24 Å². The molecular weight excluding hydrogens is 93.0 g/mol. The summed E-state index contributed by atoms with van der Waals surface area (Å²) in [6.45, 7) is 0. The van der Waals surface area contributed by atoms with E-state index in [4.69, 9.17) is 0 Å². The van der Waals surface area contributed by atoms with E-state index in [1.165, 1.54) is 9.24 Å². The molecule has 3 heteroatoms. The second kappa shape index (κ2) is 2.52. The van der Waals surface area contributed by atoms with Crippen LogP contribution >= 0.6 is 9.24 Å². The molecule has 0 spiro atoms. The quantitative estimate of drug-likeness (QED) is 0.427. The Balaban J connectivity index is 2.54. The molecule has 0 aromatic rings. The van der Waals surface area contributed by atoms with Crippen molar-refractivity contribution in [3.8, 4) is 0 Å². The second-order valence-corrected chi connectivity index (χ2v) is 1.26. The van der Waals surface area contributed by atoms with Crippen molar-refractivity contribution in [2.24, 2.45) is 0 Å². The number of hydrogen-bond donors (Lipinski definition) is 0. The van der Waals surface area contributed by atoms with E-state index in [0.717, 1.165) is 0 Å². The Morgan fingerprint density at radius 2 is 1.80 bits per heavy atom. The van der Waals surface area contributed by atoms with Crippen LogP contribution in [-0.4, -0.2) is 12.6 Å². The standard InChI is InChI=1S/C2H5F2P/c3-2(4)1-5/h2H,1,5H2/p+1. The fourth-order valence-electron chi connectivity index (χ4n) is 0. The smallest absolute Gasteiger partial charge is 0.206 e. The van der Waals surface area contributed by atoms with E-state index in [0.29, 0.717) is 0 Å². The predicted molar refractivity (Wildman–Crippen MR) is 22.0 cm³/mol. The van der Waals surface area contributed by atoms with Gasteiger partial charge in [0.1, 0.15) is 6.16 Å². The van der Waals surface area contributed by atoms with Gasteiger partial charge in [0, 0.05) is 0 Å². The molecule has 0 nitrogen and oxygen atoms in total. The molecule has 0 aliphatic carbocycles. The zero-order chi connectivity index (χ0) is 4.28. The number of hydrogen-bond acceptors (Lipinski definition) is 0. The summed E-state index contributed by atoms with van der Waals surface area (Å²) in [5, 5.41) is 0. The molecule has 0 bridgehead atoms. The van der Waals surface area contributed by atoms with E-state index in [-0.39, 0.29) is 6.16 Å². The van der Waals surface area contributed by atoms with Crippen LogP contribution in [0, 0.1) is 0 Å². The van der Waals surface area contributed by atoms with Gasteiger partial charge in [-0.2, -0.15) is 0 Å². The molecule has 0 radical (unpaired) electrons. The zero-order valence-electron chi connectivity index (χ0n) is 2.75. The monoisotopic (exact) mass is 99.0 g/mol. The number of halogens is 2. The first-order valence-corrected chi connectivity index (χ1v) is 2.34. The third-order valence-electron chi connectivity index (χ3n) is 0.218. The van der Waals surface area contributed by atoms with Crippen molar-refractivity contribution in [2.75, 3.05) is 6.16 Å². The van der Waals surface area contributed by atoms with Crippen molar-refractivity contribution in [1.82, 2.24) is 0 Å². The molecule has 0 saturated carbocycles. The largest absolute Gasteiger partial charge is 0.270 e. The maximum atomic E-state index is 10.8. The minimum Gasteiger partial charge on any atom is -0.206 e. The normalized spacial score (nSPS) is 10.2. The Morgan fingerprint density at radius 3 is 1.80 bits per heavy atom. The summed E-state index contributed by atoms with van der Waals surface area (Å²) in [7, 11) is 1.28. The molecule has 0 aliphatic rings. The molecule has 0 aromatic carbocycles. The van der Waals surface area contributed by atoms with E-state index in [9.17, 15) is 8.78 Å². The van der Waals surface area contributed by atoms with Gasteiger partial charge < -0.3 is 0 Å². The van der Waals surface area contributed by atoms with Crippen LogP contribution in [0.5, 0.6) is 0 Å². The summed E-state index contributed by atoms with van der Waals surface area (Å²) in [5.74, 6) is 0. The molecule has 1 unspecified atom stereocenters.